The maximum Gasteiger partial charge on any atom is 0.236 e. The summed E-state index contributed by atoms with van der Waals surface area (Å²) in [5.74, 6) is 1.35. The molecule has 6 heteroatoms. The van der Waals surface area contributed by atoms with Crippen LogP contribution in [0.3, 0.4) is 0 Å². The van der Waals surface area contributed by atoms with Crippen LogP contribution >= 0.6 is 12.4 Å². The second-order valence-corrected chi connectivity index (χ2v) is 4.01. The van der Waals surface area contributed by atoms with Gasteiger partial charge in [0.15, 0.2) is 0 Å². The summed E-state index contributed by atoms with van der Waals surface area (Å²) in [7, 11) is 3.22. The fourth-order valence-corrected chi connectivity index (χ4v) is 1.54. The van der Waals surface area contributed by atoms with Gasteiger partial charge in [-0.2, -0.15) is 0 Å². The Kier molecular flexibility index (Phi) is 7.95. The molecule has 1 aromatic carbocycles. The number of nitrogens with one attached hydrogen (secondary N) is 1. The molecular formula is C13H21ClN2O3. The summed E-state index contributed by atoms with van der Waals surface area (Å²) in [6, 6.07) is 5.13. The van der Waals surface area contributed by atoms with Crippen LogP contribution in [0.4, 0.5) is 0 Å². The number of ether oxygens (including phenoxy) is 2. The molecule has 0 saturated heterocycles. The third-order valence-corrected chi connectivity index (χ3v) is 2.60. The Hall–Kier alpha value is -1.46. The van der Waals surface area contributed by atoms with Gasteiger partial charge >= 0.3 is 0 Å². The van der Waals surface area contributed by atoms with Crippen molar-refractivity contribution in [1.82, 2.24) is 5.32 Å². The Bertz CT molecular complexity index is 411. The summed E-state index contributed by atoms with van der Waals surface area (Å²) in [6.45, 7) is 2.19. The van der Waals surface area contributed by atoms with Gasteiger partial charge in [0.05, 0.1) is 20.3 Å². The van der Waals surface area contributed by atoms with Crippen LogP contribution in [0.15, 0.2) is 18.2 Å². The van der Waals surface area contributed by atoms with Gasteiger partial charge in [0.25, 0.3) is 0 Å². The lowest BCUT2D eigenvalue weighted by Gasteiger charge is -2.11. The van der Waals surface area contributed by atoms with Crippen molar-refractivity contribution in [3.05, 3.63) is 23.8 Å². The van der Waals surface area contributed by atoms with Crippen molar-refractivity contribution >= 4 is 18.3 Å². The van der Waals surface area contributed by atoms with Gasteiger partial charge in [0.2, 0.25) is 5.91 Å². The smallest absolute Gasteiger partial charge is 0.236 e. The Morgan fingerprint density at radius 1 is 1.37 bits per heavy atom. The van der Waals surface area contributed by atoms with Crippen LogP contribution in [0.25, 0.3) is 0 Å². The molecule has 3 N–H and O–H groups in total. The molecular weight excluding hydrogens is 268 g/mol. The molecule has 0 unspecified atom stereocenters. The Morgan fingerprint density at radius 2 is 2.05 bits per heavy atom. The number of amides is 1. The minimum atomic E-state index is -0.484. The zero-order valence-electron chi connectivity index (χ0n) is 11.4. The number of benzene rings is 1. The van der Waals surface area contributed by atoms with Gasteiger partial charge < -0.3 is 20.5 Å². The maximum atomic E-state index is 11.3. The monoisotopic (exact) mass is 288 g/mol. The molecule has 0 aromatic heterocycles. The number of hydrogen-bond donors (Lipinski definition) is 2. The summed E-state index contributed by atoms with van der Waals surface area (Å²) in [5, 5.41) is 2.76. The number of carbonyl (C=O) groups excluding carboxylic acids is 1. The summed E-state index contributed by atoms with van der Waals surface area (Å²) in [4.78, 5) is 11.3. The molecule has 0 heterocycles. The second kappa shape index (κ2) is 8.61. The lowest BCUT2D eigenvalue weighted by Crippen LogP contribution is -2.39. The third kappa shape index (κ3) is 5.36. The standard InChI is InChI=1S/C13H20N2O3.ClH/c1-9(14)13(16)15-7-6-10-4-5-11(17-2)8-12(10)18-3;/h4-5,8-9H,6-7,14H2,1-3H3,(H,15,16);1H/t9-;/m1./s1. The van der Waals surface area contributed by atoms with Crippen molar-refractivity contribution in [3.8, 4) is 11.5 Å². The molecule has 1 rings (SSSR count). The molecule has 0 aliphatic carbocycles. The van der Waals surface area contributed by atoms with Crippen LogP contribution in [0, 0.1) is 0 Å². The molecule has 19 heavy (non-hydrogen) atoms. The zero-order chi connectivity index (χ0) is 13.5. The summed E-state index contributed by atoms with van der Waals surface area (Å²) in [6.07, 6.45) is 0.686. The Labute approximate surface area is 119 Å². The van der Waals surface area contributed by atoms with E-state index in [1.807, 2.05) is 18.2 Å². The molecule has 108 valence electrons. The van der Waals surface area contributed by atoms with Crippen LogP contribution < -0.4 is 20.5 Å². The van der Waals surface area contributed by atoms with E-state index in [4.69, 9.17) is 15.2 Å². The van der Waals surface area contributed by atoms with E-state index in [0.717, 1.165) is 17.1 Å². The molecule has 5 nitrogen and oxygen atoms in total. The molecule has 1 aromatic rings. The molecule has 0 saturated carbocycles. The summed E-state index contributed by atoms with van der Waals surface area (Å²) >= 11 is 0. The van der Waals surface area contributed by atoms with Crippen molar-refractivity contribution in [2.24, 2.45) is 5.73 Å². The fourth-order valence-electron chi connectivity index (χ4n) is 1.54. The third-order valence-electron chi connectivity index (χ3n) is 2.60. The summed E-state index contributed by atoms with van der Waals surface area (Å²) < 4.78 is 10.4. The molecule has 1 atom stereocenters. The van der Waals surface area contributed by atoms with Gasteiger partial charge in [0, 0.05) is 12.6 Å². The lowest BCUT2D eigenvalue weighted by molar-refractivity contribution is -0.121. The number of hydrogen-bond acceptors (Lipinski definition) is 4. The lowest BCUT2D eigenvalue weighted by atomic mass is 10.1. The second-order valence-electron chi connectivity index (χ2n) is 4.01. The zero-order valence-corrected chi connectivity index (χ0v) is 12.3. The first-order valence-electron chi connectivity index (χ1n) is 5.82. The van der Waals surface area contributed by atoms with Crippen molar-refractivity contribution in [2.45, 2.75) is 19.4 Å². The average molecular weight is 289 g/mol. The molecule has 0 bridgehead atoms. The highest BCUT2D eigenvalue weighted by Crippen LogP contribution is 2.24. The van der Waals surface area contributed by atoms with Gasteiger partial charge in [-0.3, -0.25) is 4.79 Å². The van der Waals surface area contributed by atoms with E-state index in [0.29, 0.717) is 13.0 Å². The normalized spacial score (nSPS) is 11.2. The maximum absolute atomic E-state index is 11.3. The van der Waals surface area contributed by atoms with Crippen molar-refractivity contribution in [1.29, 1.82) is 0 Å². The molecule has 1 amide bonds. The first-order valence-corrected chi connectivity index (χ1v) is 5.82. The predicted octanol–water partition coefficient (Wildman–Crippen LogP) is 1.13. The average Bonchev–Trinajstić information content (AvgIpc) is 2.38. The highest BCUT2D eigenvalue weighted by molar-refractivity contribution is 5.85. The summed E-state index contributed by atoms with van der Waals surface area (Å²) in [5.41, 5.74) is 6.47. The Morgan fingerprint density at radius 3 is 2.58 bits per heavy atom. The van der Waals surface area contributed by atoms with E-state index in [2.05, 4.69) is 5.32 Å². The topological polar surface area (TPSA) is 73.6 Å². The largest absolute Gasteiger partial charge is 0.497 e. The number of methoxy groups -OCH3 is 2. The van der Waals surface area contributed by atoms with Crippen LogP contribution in [0.1, 0.15) is 12.5 Å². The minimum absolute atomic E-state index is 0. The SMILES string of the molecule is COc1ccc(CCNC(=O)[C@@H](C)N)c(OC)c1.Cl. The first-order chi connectivity index (χ1) is 8.58. The van der Waals surface area contributed by atoms with Crippen molar-refractivity contribution < 1.29 is 14.3 Å². The first kappa shape index (κ1) is 17.5. The number of halogens is 1. The van der Waals surface area contributed by atoms with Gasteiger partial charge in [-0.15, -0.1) is 12.4 Å². The highest BCUT2D eigenvalue weighted by atomic mass is 35.5. The number of carbonyl (C=O) groups is 1. The van der Waals surface area contributed by atoms with E-state index in [-0.39, 0.29) is 18.3 Å². The van der Waals surface area contributed by atoms with Crippen molar-refractivity contribution in [3.63, 3.8) is 0 Å². The number of nitrogens with two attached hydrogens (primary N) is 1. The van der Waals surface area contributed by atoms with Crippen LogP contribution in [-0.2, 0) is 11.2 Å². The van der Waals surface area contributed by atoms with Crippen LogP contribution in [0.2, 0.25) is 0 Å². The van der Waals surface area contributed by atoms with E-state index in [9.17, 15) is 4.79 Å². The van der Waals surface area contributed by atoms with Gasteiger partial charge in [-0.05, 0) is 25.0 Å². The highest BCUT2D eigenvalue weighted by Gasteiger charge is 2.08. The fraction of sp³-hybridized carbons (Fsp3) is 0.462. The van der Waals surface area contributed by atoms with E-state index in [1.54, 1.807) is 21.1 Å². The van der Waals surface area contributed by atoms with Crippen LogP contribution in [-0.4, -0.2) is 32.7 Å². The molecule has 0 aliphatic rings. The molecule has 0 radical (unpaired) electrons. The number of rotatable bonds is 6. The predicted molar refractivity (Wildman–Crippen MR) is 77.2 cm³/mol. The van der Waals surface area contributed by atoms with Gasteiger partial charge in [-0.1, -0.05) is 6.07 Å². The van der Waals surface area contributed by atoms with Crippen molar-refractivity contribution in [2.75, 3.05) is 20.8 Å². The van der Waals surface area contributed by atoms with Gasteiger partial charge in [-0.25, -0.2) is 0 Å². The Balaban J connectivity index is 0.00000324. The van der Waals surface area contributed by atoms with Gasteiger partial charge in [0.1, 0.15) is 11.5 Å². The van der Waals surface area contributed by atoms with E-state index < -0.39 is 6.04 Å². The van der Waals surface area contributed by atoms with Crippen LogP contribution in [0.5, 0.6) is 11.5 Å². The molecule has 0 spiro atoms. The molecule has 0 fully saturated rings. The van der Waals surface area contributed by atoms with E-state index in [1.165, 1.54) is 0 Å². The minimum Gasteiger partial charge on any atom is -0.497 e. The quantitative estimate of drug-likeness (QED) is 0.823. The van der Waals surface area contributed by atoms with E-state index >= 15 is 0 Å². The molecule has 0 aliphatic heterocycles.